The molecule has 0 spiro atoms. The Bertz CT molecular complexity index is 820. The van der Waals surface area contributed by atoms with E-state index in [4.69, 9.17) is 9.52 Å². The Morgan fingerprint density at radius 3 is 2.76 bits per heavy atom. The number of aliphatic carboxylic acids is 1. The van der Waals surface area contributed by atoms with E-state index in [0.29, 0.717) is 17.0 Å². The van der Waals surface area contributed by atoms with Crippen molar-refractivity contribution >= 4 is 17.1 Å². The fourth-order valence-corrected chi connectivity index (χ4v) is 2.25. The molecule has 0 fully saturated rings. The summed E-state index contributed by atoms with van der Waals surface area (Å²) in [4.78, 5) is 15.5. The van der Waals surface area contributed by atoms with Crippen LogP contribution in [-0.4, -0.2) is 16.1 Å². The molecule has 0 aliphatic heterocycles. The van der Waals surface area contributed by atoms with Crippen molar-refractivity contribution in [2.75, 3.05) is 0 Å². The molecule has 1 atom stereocenters. The number of hydrogen-bond donors (Lipinski definition) is 1. The van der Waals surface area contributed by atoms with Gasteiger partial charge in [0.05, 0.1) is 5.92 Å². The van der Waals surface area contributed by atoms with Crippen LogP contribution in [0.25, 0.3) is 22.6 Å². The first-order valence-corrected chi connectivity index (χ1v) is 6.75. The van der Waals surface area contributed by atoms with E-state index in [9.17, 15) is 4.79 Å². The molecular formula is C17H15NO3. The van der Waals surface area contributed by atoms with E-state index >= 15 is 0 Å². The number of aromatic nitrogens is 1. The third-order valence-electron chi connectivity index (χ3n) is 3.55. The summed E-state index contributed by atoms with van der Waals surface area (Å²) in [7, 11) is 0. The van der Waals surface area contributed by atoms with Gasteiger partial charge in [-0.2, -0.15) is 0 Å². The third kappa shape index (κ3) is 2.52. The molecule has 2 aromatic carbocycles. The summed E-state index contributed by atoms with van der Waals surface area (Å²) in [6.07, 6.45) is 0. The van der Waals surface area contributed by atoms with E-state index < -0.39 is 11.9 Å². The summed E-state index contributed by atoms with van der Waals surface area (Å²) in [5, 5.41) is 9.08. The number of fused-ring (bicyclic) bond motifs is 1. The van der Waals surface area contributed by atoms with Gasteiger partial charge in [0.15, 0.2) is 5.58 Å². The first-order chi connectivity index (χ1) is 10.0. The zero-order valence-corrected chi connectivity index (χ0v) is 11.8. The van der Waals surface area contributed by atoms with Gasteiger partial charge in [-0.3, -0.25) is 4.79 Å². The zero-order chi connectivity index (χ0) is 15.0. The van der Waals surface area contributed by atoms with Gasteiger partial charge in [0.1, 0.15) is 5.52 Å². The highest BCUT2D eigenvalue weighted by Gasteiger charge is 2.16. The Hall–Kier alpha value is -2.62. The minimum absolute atomic E-state index is 0.550. The average Bonchev–Trinajstić information content (AvgIpc) is 2.89. The number of carbonyl (C=O) groups is 1. The highest BCUT2D eigenvalue weighted by molar-refractivity contribution is 5.81. The quantitative estimate of drug-likeness (QED) is 0.788. The number of nitrogens with zero attached hydrogens (tertiary/aromatic N) is 1. The highest BCUT2D eigenvalue weighted by Crippen LogP contribution is 2.27. The van der Waals surface area contributed by atoms with Crippen molar-refractivity contribution in [3.05, 3.63) is 53.6 Å². The van der Waals surface area contributed by atoms with Gasteiger partial charge in [0, 0.05) is 5.56 Å². The van der Waals surface area contributed by atoms with Crippen LogP contribution in [0.1, 0.15) is 24.0 Å². The topological polar surface area (TPSA) is 63.3 Å². The molecule has 3 rings (SSSR count). The van der Waals surface area contributed by atoms with Gasteiger partial charge in [-0.05, 0) is 43.7 Å². The monoisotopic (exact) mass is 281 g/mol. The van der Waals surface area contributed by atoms with E-state index in [0.717, 1.165) is 16.6 Å². The number of carboxylic acids is 1. The van der Waals surface area contributed by atoms with Gasteiger partial charge >= 0.3 is 5.97 Å². The van der Waals surface area contributed by atoms with E-state index in [1.165, 1.54) is 0 Å². The molecular weight excluding hydrogens is 266 g/mol. The highest BCUT2D eigenvalue weighted by atomic mass is 16.4. The van der Waals surface area contributed by atoms with Crippen LogP contribution >= 0.6 is 0 Å². The summed E-state index contributed by atoms with van der Waals surface area (Å²) in [6, 6.07) is 13.2. The minimum Gasteiger partial charge on any atom is -0.481 e. The Morgan fingerprint density at radius 2 is 2.05 bits per heavy atom. The molecule has 0 aliphatic carbocycles. The lowest BCUT2D eigenvalue weighted by Crippen LogP contribution is -2.06. The molecule has 1 heterocycles. The number of aryl methyl sites for hydroxylation is 1. The Kier molecular flexibility index (Phi) is 3.22. The van der Waals surface area contributed by atoms with E-state index in [1.807, 2.05) is 31.2 Å². The first-order valence-electron chi connectivity index (χ1n) is 6.75. The lowest BCUT2D eigenvalue weighted by Gasteiger charge is -2.04. The molecule has 1 aromatic heterocycles. The van der Waals surface area contributed by atoms with Crippen LogP contribution in [0.4, 0.5) is 0 Å². The average molecular weight is 281 g/mol. The van der Waals surface area contributed by atoms with Crippen LogP contribution in [0.15, 0.2) is 46.9 Å². The Labute approximate surface area is 122 Å². The summed E-state index contributed by atoms with van der Waals surface area (Å²) < 4.78 is 5.78. The summed E-state index contributed by atoms with van der Waals surface area (Å²) in [5.41, 5.74) is 4.10. The van der Waals surface area contributed by atoms with E-state index in [-0.39, 0.29) is 0 Å². The minimum atomic E-state index is -0.854. The van der Waals surface area contributed by atoms with Gasteiger partial charge in [0.2, 0.25) is 5.89 Å². The van der Waals surface area contributed by atoms with Crippen LogP contribution in [0, 0.1) is 6.92 Å². The van der Waals surface area contributed by atoms with Crippen molar-refractivity contribution in [2.24, 2.45) is 0 Å². The summed E-state index contributed by atoms with van der Waals surface area (Å²) >= 11 is 0. The van der Waals surface area contributed by atoms with Crippen molar-refractivity contribution in [3.8, 4) is 11.5 Å². The maximum Gasteiger partial charge on any atom is 0.310 e. The molecule has 0 bridgehead atoms. The maximum absolute atomic E-state index is 11.1. The Balaban J connectivity index is 2.06. The third-order valence-corrected chi connectivity index (χ3v) is 3.55. The second-order valence-corrected chi connectivity index (χ2v) is 5.18. The molecule has 0 saturated heterocycles. The van der Waals surface area contributed by atoms with Crippen LogP contribution in [0.5, 0.6) is 0 Å². The summed E-state index contributed by atoms with van der Waals surface area (Å²) in [5.74, 6) is -0.872. The van der Waals surface area contributed by atoms with Crippen molar-refractivity contribution in [1.29, 1.82) is 0 Å². The van der Waals surface area contributed by atoms with E-state index in [2.05, 4.69) is 4.98 Å². The van der Waals surface area contributed by atoms with Gasteiger partial charge in [-0.15, -0.1) is 0 Å². The SMILES string of the molecule is Cc1cccc(-c2nc3ccc([C@@H](C)C(=O)O)cc3o2)c1. The summed E-state index contributed by atoms with van der Waals surface area (Å²) in [6.45, 7) is 3.67. The maximum atomic E-state index is 11.1. The molecule has 0 radical (unpaired) electrons. The molecule has 4 heteroatoms. The molecule has 0 aliphatic rings. The second kappa shape index (κ2) is 5.05. The first kappa shape index (κ1) is 13.4. The largest absolute Gasteiger partial charge is 0.481 e. The number of rotatable bonds is 3. The fourth-order valence-electron chi connectivity index (χ4n) is 2.25. The van der Waals surface area contributed by atoms with Gasteiger partial charge in [-0.1, -0.05) is 23.8 Å². The smallest absolute Gasteiger partial charge is 0.310 e. The van der Waals surface area contributed by atoms with E-state index in [1.54, 1.807) is 25.1 Å². The van der Waals surface area contributed by atoms with Gasteiger partial charge in [0.25, 0.3) is 0 Å². The predicted octanol–water partition coefficient (Wildman–Crippen LogP) is 3.99. The van der Waals surface area contributed by atoms with Gasteiger partial charge < -0.3 is 9.52 Å². The molecule has 0 unspecified atom stereocenters. The van der Waals surface area contributed by atoms with Gasteiger partial charge in [-0.25, -0.2) is 4.98 Å². The Morgan fingerprint density at radius 1 is 1.24 bits per heavy atom. The number of carboxylic acid groups (broad SMARTS) is 1. The van der Waals surface area contributed by atoms with Crippen LogP contribution in [0.3, 0.4) is 0 Å². The molecule has 0 saturated carbocycles. The zero-order valence-electron chi connectivity index (χ0n) is 11.8. The number of benzene rings is 2. The van der Waals surface area contributed by atoms with Crippen LogP contribution in [-0.2, 0) is 4.79 Å². The molecule has 4 nitrogen and oxygen atoms in total. The second-order valence-electron chi connectivity index (χ2n) is 5.18. The fraction of sp³-hybridized carbons (Fsp3) is 0.176. The van der Waals surface area contributed by atoms with Crippen molar-refractivity contribution in [1.82, 2.24) is 4.98 Å². The van der Waals surface area contributed by atoms with Crippen molar-refractivity contribution < 1.29 is 14.3 Å². The standard InChI is InChI=1S/C17H15NO3/c1-10-4-3-5-13(8-10)16-18-14-7-6-12(9-15(14)21-16)11(2)17(19)20/h3-9,11H,1-2H3,(H,19,20)/t11-/m1/s1. The van der Waals surface area contributed by atoms with Crippen molar-refractivity contribution in [3.63, 3.8) is 0 Å². The number of hydrogen-bond acceptors (Lipinski definition) is 3. The number of oxazole rings is 1. The lowest BCUT2D eigenvalue weighted by atomic mass is 10.0. The molecule has 21 heavy (non-hydrogen) atoms. The molecule has 106 valence electrons. The predicted molar refractivity (Wildman–Crippen MR) is 80.2 cm³/mol. The molecule has 3 aromatic rings. The van der Waals surface area contributed by atoms with Crippen molar-refractivity contribution in [2.45, 2.75) is 19.8 Å². The lowest BCUT2D eigenvalue weighted by molar-refractivity contribution is -0.138. The van der Waals surface area contributed by atoms with Crippen LogP contribution < -0.4 is 0 Å². The van der Waals surface area contributed by atoms with Crippen LogP contribution in [0.2, 0.25) is 0 Å². The normalized spacial score (nSPS) is 12.5. The molecule has 0 amide bonds. The molecule has 1 N–H and O–H groups in total.